The number of fused-ring (bicyclic) bond motifs is 6. The molecule has 0 saturated heterocycles. The van der Waals surface area contributed by atoms with E-state index in [1.807, 2.05) is 78.9 Å². The fourth-order valence-corrected chi connectivity index (χ4v) is 8.76. The minimum Gasteiger partial charge on any atom is -0.455 e. The molecule has 5 nitrogen and oxygen atoms in total. The highest BCUT2D eigenvalue weighted by Gasteiger charge is 2.24. The Labute approximate surface area is 357 Å². The first-order valence-corrected chi connectivity index (χ1v) is 20.8. The highest BCUT2D eigenvalue weighted by atomic mass is 16.3. The molecule has 0 unspecified atom stereocenters. The summed E-state index contributed by atoms with van der Waals surface area (Å²) >= 11 is 0. The zero-order valence-corrected chi connectivity index (χ0v) is 33.4. The van der Waals surface area contributed by atoms with E-state index in [0.29, 0.717) is 23.1 Å². The number of furan rings is 2. The van der Waals surface area contributed by atoms with Crippen molar-refractivity contribution in [2.45, 2.75) is 0 Å². The Hall–Kier alpha value is -8.41. The molecule has 5 heteroatoms. The molecule has 290 valence electrons. The van der Waals surface area contributed by atoms with Crippen LogP contribution in [0.15, 0.2) is 221 Å². The second kappa shape index (κ2) is 14.7. The van der Waals surface area contributed by atoms with Gasteiger partial charge in [0.2, 0.25) is 0 Å². The van der Waals surface area contributed by atoms with Crippen molar-refractivity contribution in [1.82, 2.24) is 15.0 Å². The summed E-state index contributed by atoms with van der Waals surface area (Å²) in [6, 6.07) is 73.3. The summed E-state index contributed by atoms with van der Waals surface area (Å²) in [4.78, 5) is 15.3. The molecule has 3 aromatic heterocycles. The minimum absolute atomic E-state index is 0.534. The topological polar surface area (TPSA) is 65.0 Å². The molecular formula is C57H35N3O2. The zero-order valence-electron chi connectivity index (χ0n) is 33.4. The quantitative estimate of drug-likeness (QED) is 0.161. The Morgan fingerprint density at radius 3 is 1.42 bits per heavy atom. The van der Waals surface area contributed by atoms with Crippen LogP contribution in [-0.2, 0) is 0 Å². The molecule has 0 fully saturated rings. The van der Waals surface area contributed by atoms with Gasteiger partial charge in [-0.1, -0.05) is 188 Å². The van der Waals surface area contributed by atoms with Gasteiger partial charge in [-0.2, -0.15) is 0 Å². The second-order valence-electron chi connectivity index (χ2n) is 15.5. The molecule has 3 heterocycles. The van der Waals surface area contributed by atoms with Crippen LogP contribution in [0.25, 0.3) is 123 Å². The van der Waals surface area contributed by atoms with Gasteiger partial charge >= 0.3 is 0 Å². The Balaban J connectivity index is 1.12. The number of benzene rings is 9. The molecule has 0 aliphatic heterocycles. The molecule has 62 heavy (non-hydrogen) atoms. The highest BCUT2D eigenvalue weighted by molar-refractivity contribution is 6.19. The van der Waals surface area contributed by atoms with Crippen LogP contribution in [0, 0.1) is 0 Å². The first-order chi connectivity index (χ1) is 30.7. The van der Waals surface area contributed by atoms with E-state index in [1.54, 1.807) is 0 Å². The molecule has 0 atom stereocenters. The predicted octanol–water partition coefficient (Wildman–Crippen LogP) is 15.3. The monoisotopic (exact) mass is 793 g/mol. The fraction of sp³-hybridized carbons (Fsp3) is 0. The van der Waals surface area contributed by atoms with Gasteiger partial charge in [0.05, 0.1) is 5.56 Å². The van der Waals surface area contributed by atoms with E-state index in [1.165, 1.54) is 0 Å². The van der Waals surface area contributed by atoms with E-state index in [-0.39, 0.29) is 0 Å². The van der Waals surface area contributed by atoms with E-state index in [2.05, 4.69) is 133 Å². The molecule has 0 N–H and O–H groups in total. The minimum atomic E-state index is 0.534. The predicted molar refractivity (Wildman–Crippen MR) is 252 cm³/mol. The average molecular weight is 794 g/mol. The molecular weight excluding hydrogens is 759 g/mol. The molecule has 12 aromatic rings. The van der Waals surface area contributed by atoms with E-state index in [4.69, 9.17) is 23.8 Å². The lowest BCUT2D eigenvalue weighted by molar-refractivity contribution is 0.670. The van der Waals surface area contributed by atoms with E-state index in [9.17, 15) is 0 Å². The van der Waals surface area contributed by atoms with Gasteiger partial charge in [-0.05, 0) is 57.6 Å². The standard InChI is InChI=1S/C57H35N3O2/c1-5-16-36(17-6-1)42-34-48(37-18-7-2-8-19-37)53-49(35-42)51-43(38-28-30-39(31-29-38)44-25-15-26-46-45-24-13-14-27-50(45)61-52(44)46)32-33-47(54(51)62-53)57-59-55(40-20-9-3-10-21-40)58-56(60-57)41-22-11-4-12-23-41/h1-35H. The molecule has 0 radical (unpaired) electrons. The van der Waals surface area contributed by atoms with Gasteiger partial charge in [0.15, 0.2) is 17.5 Å². The maximum absolute atomic E-state index is 7.23. The van der Waals surface area contributed by atoms with Crippen LogP contribution in [-0.4, -0.2) is 15.0 Å². The lowest BCUT2D eigenvalue weighted by Crippen LogP contribution is -2.00. The van der Waals surface area contributed by atoms with E-state index in [0.717, 1.165) is 99.5 Å². The van der Waals surface area contributed by atoms with Gasteiger partial charge in [-0.15, -0.1) is 0 Å². The van der Waals surface area contributed by atoms with Crippen LogP contribution in [0.5, 0.6) is 0 Å². The van der Waals surface area contributed by atoms with Crippen LogP contribution >= 0.6 is 0 Å². The lowest BCUT2D eigenvalue weighted by atomic mass is 9.92. The zero-order chi connectivity index (χ0) is 41.0. The third-order valence-corrected chi connectivity index (χ3v) is 11.8. The Kier molecular flexibility index (Phi) is 8.42. The number of hydrogen-bond acceptors (Lipinski definition) is 5. The lowest BCUT2D eigenvalue weighted by Gasteiger charge is -2.11. The van der Waals surface area contributed by atoms with Gasteiger partial charge in [-0.25, -0.2) is 15.0 Å². The second-order valence-corrected chi connectivity index (χ2v) is 15.5. The van der Waals surface area contributed by atoms with Crippen molar-refractivity contribution in [3.05, 3.63) is 212 Å². The Bertz CT molecular complexity index is 3540. The average Bonchev–Trinajstić information content (AvgIpc) is 3.94. The van der Waals surface area contributed by atoms with Gasteiger partial charge < -0.3 is 8.83 Å². The van der Waals surface area contributed by atoms with Crippen molar-refractivity contribution in [1.29, 1.82) is 0 Å². The molecule has 0 saturated carbocycles. The molecule has 0 aliphatic rings. The Morgan fingerprint density at radius 1 is 0.258 bits per heavy atom. The van der Waals surface area contributed by atoms with Crippen molar-refractivity contribution in [2.24, 2.45) is 0 Å². The van der Waals surface area contributed by atoms with Gasteiger partial charge in [0.25, 0.3) is 0 Å². The van der Waals surface area contributed by atoms with Crippen molar-refractivity contribution >= 4 is 43.9 Å². The molecule has 9 aromatic carbocycles. The number of rotatable bonds is 7. The summed E-state index contributed by atoms with van der Waals surface area (Å²) < 4.78 is 13.7. The molecule has 0 aliphatic carbocycles. The van der Waals surface area contributed by atoms with Crippen LogP contribution in [0.4, 0.5) is 0 Å². The first kappa shape index (κ1) is 35.5. The summed E-state index contributed by atoms with van der Waals surface area (Å²) in [5.41, 5.74) is 14.4. The van der Waals surface area contributed by atoms with Crippen molar-refractivity contribution in [2.75, 3.05) is 0 Å². The van der Waals surface area contributed by atoms with E-state index < -0.39 is 0 Å². The largest absolute Gasteiger partial charge is 0.455 e. The van der Waals surface area contributed by atoms with Crippen LogP contribution < -0.4 is 0 Å². The van der Waals surface area contributed by atoms with Gasteiger partial charge in [0.1, 0.15) is 22.3 Å². The van der Waals surface area contributed by atoms with Gasteiger partial charge in [-0.3, -0.25) is 0 Å². The van der Waals surface area contributed by atoms with Crippen molar-refractivity contribution in [3.63, 3.8) is 0 Å². The van der Waals surface area contributed by atoms with Gasteiger partial charge in [0, 0.05) is 43.8 Å². The van der Waals surface area contributed by atoms with Crippen LogP contribution in [0.1, 0.15) is 0 Å². The number of hydrogen-bond donors (Lipinski definition) is 0. The summed E-state index contributed by atoms with van der Waals surface area (Å²) in [5.74, 6) is 1.72. The molecule has 12 rings (SSSR count). The normalized spacial score (nSPS) is 11.5. The van der Waals surface area contributed by atoms with Crippen molar-refractivity contribution in [3.8, 4) is 78.7 Å². The molecule has 0 bridgehead atoms. The highest BCUT2D eigenvalue weighted by Crippen LogP contribution is 2.46. The summed E-state index contributed by atoms with van der Waals surface area (Å²) in [5, 5.41) is 4.22. The maximum atomic E-state index is 7.23. The fourth-order valence-electron chi connectivity index (χ4n) is 8.76. The van der Waals surface area contributed by atoms with Crippen LogP contribution in [0.3, 0.4) is 0 Å². The number of para-hydroxylation sites is 2. The molecule has 0 spiro atoms. The Morgan fingerprint density at radius 2 is 0.758 bits per heavy atom. The summed E-state index contributed by atoms with van der Waals surface area (Å²) in [7, 11) is 0. The maximum Gasteiger partial charge on any atom is 0.167 e. The number of aromatic nitrogens is 3. The third-order valence-electron chi connectivity index (χ3n) is 11.8. The third kappa shape index (κ3) is 6.06. The van der Waals surface area contributed by atoms with E-state index >= 15 is 0 Å². The van der Waals surface area contributed by atoms with Crippen molar-refractivity contribution < 1.29 is 8.83 Å². The molecule has 0 amide bonds. The summed E-state index contributed by atoms with van der Waals surface area (Å²) in [6.45, 7) is 0. The smallest absolute Gasteiger partial charge is 0.167 e. The SMILES string of the molecule is c1ccc(-c2cc(-c3ccccc3)c3oc4c(-c5nc(-c6ccccc6)nc(-c6ccccc6)n5)ccc(-c5ccc(-c6cccc7c6oc6ccccc67)cc5)c4c3c2)cc1. The van der Waals surface area contributed by atoms with Crippen LogP contribution in [0.2, 0.25) is 0 Å². The first-order valence-electron chi connectivity index (χ1n) is 20.8. The number of nitrogens with zero attached hydrogens (tertiary/aromatic N) is 3. The summed E-state index contributed by atoms with van der Waals surface area (Å²) in [6.07, 6.45) is 0.